The van der Waals surface area contributed by atoms with E-state index in [0.717, 1.165) is 17.9 Å². The molecule has 1 unspecified atom stereocenters. The molecule has 1 aromatic carbocycles. The van der Waals surface area contributed by atoms with Crippen molar-refractivity contribution in [3.05, 3.63) is 59.5 Å². The van der Waals surface area contributed by atoms with Gasteiger partial charge in [0, 0.05) is 6.04 Å². The summed E-state index contributed by atoms with van der Waals surface area (Å²) in [4.78, 5) is 12.1. The third-order valence-electron chi connectivity index (χ3n) is 2.93. The van der Waals surface area contributed by atoms with Crippen molar-refractivity contribution >= 4 is 17.7 Å². The van der Waals surface area contributed by atoms with Crippen molar-refractivity contribution in [3.8, 4) is 0 Å². The monoisotopic (exact) mass is 289 g/mol. The van der Waals surface area contributed by atoms with E-state index in [1.807, 2.05) is 37.4 Å². The van der Waals surface area contributed by atoms with E-state index >= 15 is 0 Å². The molecule has 0 aliphatic carbocycles. The molecule has 1 aromatic heterocycles. The second-order valence-electron chi connectivity index (χ2n) is 4.76. The summed E-state index contributed by atoms with van der Waals surface area (Å²) in [5.74, 6) is 1.85. The molecular weight excluding hydrogens is 270 g/mol. The van der Waals surface area contributed by atoms with Crippen LogP contribution in [0.3, 0.4) is 0 Å². The Hall–Kier alpha value is -1.68. The zero-order valence-electron chi connectivity index (χ0n) is 11.8. The second kappa shape index (κ2) is 7.20. The van der Waals surface area contributed by atoms with Crippen LogP contribution in [0.2, 0.25) is 0 Å². The summed E-state index contributed by atoms with van der Waals surface area (Å²) < 4.78 is 5.50. The molecule has 0 spiro atoms. The molecule has 1 N–H and O–H groups in total. The standard InChI is InChI=1S/C16H19NO2S/c1-12(10-13-6-4-3-5-7-13)17-16(18)15-9-8-14(19-15)11-20-2/h3-9,12H,10-11H2,1-2H3,(H,17,18). The normalized spacial score (nSPS) is 12.1. The lowest BCUT2D eigenvalue weighted by molar-refractivity contribution is 0.0910. The smallest absolute Gasteiger partial charge is 0.287 e. The highest BCUT2D eigenvalue weighted by atomic mass is 32.2. The van der Waals surface area contributed by atoms with Gasteiger partial charge in [0.05, 0.1) is 5.75 Å². The van der Waals surface area contributed by atoms with Gasteiger partial charge in [-0.2, -0.15) is 11.8 Å². The van der Waals surface area contributed by atoms with Gasteiger partial charge in [0.1, 0.15) is 5.76 Å². The van der Waals surface area contributed by atoms with Crippen LogP contribution in [0.5, 0.6) is 0 Å². The molecular formula is C16H19NO2S. The SMILES string of the molecule is CSCc1ccc(C(=O)NC(C)Cc2ccccc2)o1. The predicted octanol–water partition coefficient (Wildman–Crippen LogP) is 3.50. The maximum atomic E-state index is 12.1. The minimum absolute atomic E-state index is 0.0685. The van der Waals surface area contributed by atoms with E-state index in [4.69, 9.17) is 4.42 Å². The molecule has 2 aromatic rings. The molecule has 0 saturated carbocycles. The van der Waals surface area contributed by atoms with Gasteiger partial charge < -0.3 is 9.73 Å². The van der Waals surface area contributed by atoms with Gasteiger partial charge in [0.25, 0.3) is 5.91 Å². The third-order valence-corrected chi connectivity index (χ3v) is 3.51. The number of furan rings is 1. The summed E-state index contributed by atoms with van der Waals surface area (Å²) in [5.41, 5.74) is 1.21. The quantitative estimate of drug-likeness (QED) is 0.885. The molecule has 0 aliphatic rings. The van der Waals surface area contributed by atoms with Crippen molar-refractivity contribution in [3.63, 3.8) is 0 Å². The maximum absolute atomic E-state index is 12.1. The Morgan fingerprint density at radius 2 is 2.00 bits per heavy atom. The van der Waals surface area contributed by atoms with E-state index in [1.54, 1.807) is 17.8 Å². The fourth-order valence-electron chi connectivity index (χ4n) is 2.03. The van der Waals surface area contributed by atoms with E-state index in [-0.39, 0.29) is 11.9 Å². The molecule has 3 nitrogen and oxygen atoms in total. The van der Waals surface area contributed by atoms with Crippen molar-refractivity contribution in [1.82, 2.24) is 5.32 Å². The van der Waals surface area contributed by atoms with Crippen LogP contribution in [0.15, 0.2) is 46.9 Å². The fraction of sp³-hybridized carbons (Fsp3) is 0.312. The molecule has 0 bridgehead atoms. The molecule has 1 amide bonds. The molecule has 4 heteroatoms. The predicted molar refractivity (Wildman–Crippen MR) is 83.0 cm³/mol. The first-order chi connectivity index (χ1) is 9.69. The number of hydrogen-bond acceptors (Lipinski definition) is 3. The summed E-state index contributed by atoms with van der Waals surface area (Å²) in [5, 5.41) is 2.96. The van der Waals surface area contributed by atoms with Crippen LogP contribution in [-0.2, 0) is 12.2 Å². The van der Waals surface area contributed by atoms with Crippen molar-refractivity contribution in [1.29, 1.82) is 0 Å². The van der Waals surface area contributed by atoms with Crippen molar-refractivity contribution in [2.24, 2.45) is 0 Å². The van der Waals surface area contributed by atoms with Gasteiger partial charge in [0.2, 0.25) is 0 Å². The molecule has 20 heavy (non-hydrogen) atoms. The van der Waals surface area contributed by atoms with Gasteiger partial charge in [0.15, 0.2) is 5.76 Å². The topological polar surface area (TPSA) is 42.2 Å². The van der Waals surface area contributed by atoms with E-state index in [2.05, 4.69) is 17.4 Å². The number of rotatable bonds is 6. The van der Waals surface area contributed by atoms with Gasteiger partial charge >= 0.3 is 0 Å². The van der Waals surface area contributed by atoms with Gasteiger partial charge in [-0.3, -0.25) is 4.79 Å². The van der Waals surface area contributed by atoms with Gasteiger partial charge in [-0.05, 0) is 37.3 Å². The van der Waals surface area contributed by atoms with Crippen LogP contribution in [0.1, 0.15) is 28.8 Å². The summed E-state index contributed by atoms with van der Waals surface area (Å²) in [6, 6.07) is 13.8. The average Bonchev–Trinajstić information content (AvgIpc) is 2.89. The Morgan fingerprint density at radius 1 is 1.25 bits per heavy atom. The number of thioether (sulfide) groups is 1. The molecule has 0 saturated heterocycles. The number of nitrogens with one attached hydrogen (secondary N) is 1. The Balaban J connectivity index is 1.90. The van der Waals surface area contributed by atoms with Crippen molar-refractivity contribution in [2.75, 3.05) is 6.26 Å². The Labute approximate surface area is 123 Å². The van der Waals surface area contributed by atoms with E-state index < -0.39 is 0 Å². The first-order valence-corrected chi connectivity index (χ1v) is 8.01. The highest BCUT2D eigenvalue weighted by Gasteiger charge is 2.14. The number of carbonyl (C=O) groups excluding carboxylic acids is 1. The second-order valence-corrected chi connectivity index (χ2v) is 5.63. The lowest BCUT2D eigenvalue weighted by atomic mass is 10.1. The minimum Gasteiger partial charge on any atom is -0.455 e. The molecule has 0 fully saturated rings. The summed E-state index contributed by atoms with van der Waals surface area (Å²) in [7, 11) is 0. The van der Waals surface area contributed by atoms with Crippen LogP contribution >= 0.6 is 11.8 Å². The Kier molecular flexibility index (Phi) is 5.30. The molecule has 0 aliphatic heterocycles. The van der Waals surface area contributed by atoms with Gasteiger partial charge in [-0.15, -0.1) is 0 Å². The van der Waals surface area contributed by atoms with Crippen LogP contribution in [-0.4, -0.2) is 18.2 Å². The number of amides is 1. The highest BCUT2D eigenvalue weighted by molar-refractivity contribution is 7.97. The fourth-order valence-corrected chi connectivity index (χ4v) is 2.47. The average molecular weight is 289 g/mol. The lowest BCUT2D eigenvalue weighted by Gasteiger charge is -2.12. The molecule has 2 rings (SSSR count). The maximum Gasteiger partial charge on any atom is 0.287 e. The number of hydrogen-bond donors (Lipinski definition) is 1. The third kappa shape index (κ3) is 4.17. The number of benzene rings is 1. The molecule has 1 heterocycles. The summed E-state index contributed by atoms with van der Waals surface area (Å²) >= 11 is 1.67. The van der Waals surface area contributed by atoms with Crippen molar-refractivity contribution in [2.45, 2.75) is 25.1 Å². The summed E-state index contributed by atoms with van der Waals surface area (Å²) in [6.45, 7) is 2.00. The van der Waals surface area contributed by atoms with E-state index in [0.29, 0.717) is 5.76 Å². The zero-order chi connectivity index (χ0) is 14.4. The highest BCUT2D eigenvalue weighted by Crippen LogP contribution is 2.13. The first-order valence-electron chi connectivity index (χ1n) is 6.61. The summed E-state index contributed by atoms with van der Waals surface area (Å²) in [6.07, 6.45) is 2.81. The van der Waals surface area contributed by atoms with Crippen LogP contribution in [0, 0.1) is 0 Å². The van der Waals surface area contributed by atoms with Crippen LogP contribution < -0.4 is 5.32 Å². The van der Waals surface area contributed by atoms with Gasteiger partial charge in [-0.25, -0.2) is 0 Å². The van der Waals surface area contributed by atoms with Crippen molar-refractivity contribution < 1.29 is 9.21 Å². The Morgan fingerprint density at radius 3 is 2.70 bits per heavy atom. The molecule has 1 atom stereocenters. The van der Waals surface area contributed by atoms with E-state index in [9.17, 15) is 4.79 Å². The van der Waals surface area contributed by atoms with Crippen LogP contribution in [0.4, 0.5) is 0 Å². The van der Waals surface area contributed by atoms with Crippen LogP contribution in [0.25, 0.3) is 0 Å². The van der Waals surface area contributed by atoms with Gasteiger partial charge in [-0.1, -0.05) is 30.3 Å². The largest absolute Gasteiger partial charge is 0.455 e. The van der Waals surface area contributed by atoms with E-state index in [1.165, 1.54) is 5.56 Å². The zero-order valence-corrected chi connectivity index (χ0v) is 12.6. The number of carbonyl (C=O) groups is 1. The Bertz CT molecular complexity index is 551. The molecule has 106 valence electrons. The minimum atomic E-state index is -0.152. The molecule has 0 radical (unpaired) electrons. The first kappa shape index (κ1) is 14.7. The lowest BCUT2D eigenvalue weighted by Crippen LogP contribution is -2.33.